The standard InChI is InChI=1S/C13H15Br2NO/c1-9(14)13(17)16(11-6-7-11)8-10-4-2-3-5-12(10)15/h2-5,9,11H,6-8H2,1H3. The normalized spacial score (nSPS) is 16.6. The Bertz CT molecular complexity index is 416. The number of halogens is 2. The molecule has 0 aromatic heterocycles. The molecular weight excluding hydrogens is 346 g/mol. The summed E-state index contributed by atoms with van der Waals surface area (Å²) in [6.45, 7) is 2.58. The molecule has 0 N–H and O–H groups in total. The molecule has 0 spiro atoms. The van der Waals surface area contributed by atoms with Gasteiger partial charge in [-0.15, -0.1) is 0 Å². The van der Waals surface area contributed by atoms with Crippen molar-refractivity contribution in [2.75, 3.05) is 0 Å². The van der Waals surface area contributed by atoms with E-state index in [-0.39, 0.29) is 10.7 Å². The van der Waals surface area contributed by atoms with E-state index in [0.29, 0.717) is 12.6 Å². The molecule has 1 aliphatic rings. The maximum Gasteiger partial charge on any atom is 0.236 e. The summed E-state index contributed by atoms with van der Waals surface area (Å²) in [5.41, 5.74) is 1.17. The average Bonchev–Trinajstić information content (AvgIpc) is 3.11. The molecule has 1 unspecified atom stereocenters. The van der Waals surface area contributed by atoms with Gasteiger partial charge in [0.1, 0.15) is 0 Å². The van der Waals surface area contributed by atoms with Gasteiger partial charge in [0.2, 0.25) is 5.91 Å². The Morgan fingerprint density at radius 1 is 1.47 bits per heavy atom. The van der Waals surface area contributed by atoms with Gasteiger partial charge in [0.15, 0.2) is 0 Å². The van der Waals surface area contributed by atoms with Crippen molar-refractivity contribution in [3.8, 4) is 0 Å². The van der Waals surface area contributed by atoms with Crippen LogP contribution in [-0.2, 0) is 11.3 Å². The smallest absolute Gasteiger partial charge is 0.236 e. The number of carbonyl (C=O) groups excluding carboxylic acids is 1. The lowest BCUT2D eigenvalue weighted by molar-refractivity contribution is -0.131. The van der Waals surface area contributed by atoms with Gasteiger partial charge in [-0.2, -0.15) is 0 Å². The monoisotopic (exact) mass is 359 g/mol. The van der Waals surface area contributed by atoms with Crippen LogP contribution in [0.25, 0.3) is 0 Å². The lowest BCUT2D eigenvalue weighted by Gasteiger charge is -2.24. The summed E-state index contributed by atoms with van der Waals surface area (Å²) in [6, 6.07) is 8.51. The fraction of sp³-hybridized carbons (Fsp3) is 0.462. The molecule has 0 bridgehead atoms. The van der Waals surface area contributed by atoms with Crippen LogP contribution in [0.5, 0.6) is 0 Å². The van der Waals surface area contributed by atoms with E-state index < -0.39 is 0 Å². The highest BCUT2D eigenvalue weighted by Crippen LogP contribution is 2.31. The number of hydrogen-bond acceptors (Lipinski definition) is 1. The molecule has 1 amide bonds. The van der Waals surface area contributed by atoms with Crippen molar-refractivity contribution in [2.45, 2.75) is 37.2 Å². The summed E-state index contributed by atoms with van der Waals surface area (Å²) >= 11 is 6.90. The van der Waals surface area contributed by atoms with E-state index in [1.807, 2.05) is 30.0 Å². The molecule has 1 fully saturated rings. The first-order chi connectivity index (χ1) is 8.09. The predicted octanol–water partition coefficient (Wildman–Crippen LogP) is 3.72. The molecule has 0 heterocycles. The number of amides is 1. The van der Waals surface area contributed by atoms with Crippen molar-refractivity contribution >= 4 is 37.8 Å². The maximum absolute atomic E-state index is 12.1. The van der Waals surface area contributed by atoms with Crippen LogP contribution in [-0.4, -0.2) is 21.7 Å². The largest absolute Gasteiger partial charge is 0.334 e. The van der Waals surface area contributed by atoms with Gasteiger partial charge >= 0.3 is 0 Å². The Morgan fingerprint density at radius 2 is 2.12 bits per heavy atom. The molecule has 2 rings (SSSR count). The minimum atomic E-state index is -0.106. The van der Waals surface area contributed by atoms with Gasteiger partial charge in [-0.1, -0.05) is 50.1 Å². The first-order valence-electron chi connectivity index (χ1n) is 5.77. The van der Waals surface area contributed by atoms with E-state index in [1.165, 1.54) is 5.56 Å². The topological polar surface area (TPSA) is 20.3 Å². The van der Waals surface area contributed by atoms with E-state index in [0.717, 1.165) is 17.3 Å². The van der Waals surface area contributed by atoms with Crippen LogP contribution < -0.4 is 0 Å². The summed E-state index contributed by atoms with van der Waals surface area (Å²) in [6.07, 6.45) is 2.27. The fourth-order valence-corrected chi connectivity index (χ4v) is 2.48. The number of rotatable bonds is 4. The zero-order valence-electron chi connectivity index (χ0n) is 9.70. The van der Waals surface area contributed by atoms with Crippen molar-refractivity contribution in [1.29, 1.82) is 0 Å². The van der Waals surface area contributed by atoms with E-state index in [1.54, 1.807) is 0 Å². The highest BCUT2D eigenvalue weighted by Gasteiger charge is 2.34. The van der Waals surface area contributed by atoms with Gasteiger partial charge in [-0.05, 0) is 31.4 Å². The van der Waals surface area contributed by atoms with Gasteiger partial charge in [0.25, 0.3) is 0 Å². The van der Waals surface area contributed by atoms with Gasteiger partial charge in [0, 0.05) is 17.1 Å². The number of alkyl halides is 1. The van der Waals surface area contributed by atoms with Crippen LogP contribution in [0.1, 0.15) is 25.3 Å². The third kappa shape index (κ3) is 3.32. The fourth-order valence-electron chi connectivity index (χ4n) is 1.81. The molecule has 0 radical (unpaired) electrons. The van der Waals surface area contributed by atoms with E-state index in [4.69, 9.17) is 0 Å². The first kappa shape index (κ1) is 13.1. The molecule has 0 aliphatic heterocycles. The quantitative estimate of drug-likeness (QED) is 0.749. The summed E-state index contributed by atoms with van der Waals surface area (Å²) in [7, 11) is 0. The molecule has 1 atom stereocenters. The lowest BCUT2D eigenvalue weighted by Crippen LogP contribution is -2.36. The maximum atomic E-state index is 12.1. The van der Waals surface area contributed by atoms with Crippen molar-refractivity contribution < 1.29 is 4.79 Å². The van der Waals surface area contributed by atoms with Crippen LogP contribution in [0.15, 0.2) is 28.7 Å². The molecule has 1 aliphatic carbocycles. The van der Waals surface area contributed by atoms with Gasteiger partial charge in [0.05, 0.1) is 4.83 Å². The first-order valence-corrected chi connectivity index (χ1v) is 7.48. The van der Waals surface area contributed by atoms with Gasteiger partial charge < -0.3 is 4.90 Å². The Morgan fingerprint density at radius 3 is 2.65 bits per heavy atom. The zero-order chi connectivity index (χ0) is 12.4. The molecule has 4 heteroatoms. The molecule has 17 heavy (non-hydrogen) atoms. The van der Waals surface area contributed by atoms with E-state index >= 15 is 0 Å². The summed E-state index contributed by atoms with van der Waals surface area (Å²) in [4.78, 5) is 14.0. The summed E-state index contributed by atoms with van der Waals surface area (Å²) in [5.74, 6) is 0.184. The van der Waals surface area contributed by atoms with Crippen LogP contribution in [0.3, 0.4) is 0 Å². The third-order valence-electron chi connectivity index (χ3n) is 2.91. The Hall–Kier alpha value is -0.350. The minimum Gasteiger partial charge on any atom is -0.334 e. The second-order valence-corrected chi connectivity index (χ2v) is 6.63. The van der Waals surface area contributed by atoms with Gasteiger partial charge in [-0.3, -0.25) is 4.79 Å². The number of hydrogen-bond donors (Lipinski definition) is 0. The van der Waals surface area contributed by atoms with Crippen LogP contribution in [0, 0.1) is 0 Å². The van der Waals surface area contributed by atoms with Crippen molar-refractivity contribution in [3.63, 3.8) is 0 Å². The van der Waals surface area contributed by atoms with E-state index in [2.05, 4.69) is 37.9 Å². The molecule has 1 aromatic carbocycles. The Labute approximate surface area is 119 Å². The Kier molecular flexibility index (Phi) is 4.26. The minimum absolute atomic E-state index is 0.106. The molecule has 92 valence electrons. The molecule has 2 nitrogen and oxygen atoms in total. The van der Waals surface area contributed by atoms with E-state index in [9.17, 15) is 4.79 Å². The number of carbonyl (C=O) groups is 1. The van der Waals surface area contributed by atoms with Crippen LogP contribution >= 0.6 is 31.9 Å². The SMILES string of the molecule is CC(Br)C(=O)N(Cc1ccccc1Br)C1CC1. The van der Waals surface area contributed by atoms with Crippen molar-refractivity contribution in [3.05, 3.63) is 34.3 Å². The molecule has 1 aromatic rings. The highest BCUT2D eigenvalue weighted by molar-refractivity contribution is 9.10. The van der Waals surface area contributed by atoms with Crippen LogP contribution in [0.4, 0.5) is 0 Å². The summed E-state index contributed by atoms with van der Waals surface area (Å²) < 4.78 is 1.07. The molecule has 1 saturated carbocycles. The van der Waals surface area contributed by atoms with Crippen molar-refractivity contribution in [2.24, 2.45) is 0 Å². The molecule has 0 saturated heterocycles. The zero-order valence-corrected chi connectivity index (χ0v) is 12.9. The number of benzene rings is 1. The van der Waals surface area contributed by atoms with Crippen molar-refractivity contribution in [1.82, 2.24) is 4.90 Å². The predicted molar refractivity (Wildman–Crippen MR) is 76.1 cm³/mol. The van der Waals surface area contributed by atoms with Crippen LogP contribution in [0.2, 0.25) is 0 Å². The third-order valence-corrected chi connectivity index (χ3v) is 4.07. The second kappa shape index (κ2) is 5.53. The van der Waals surface area contributed by atoms with Gasteiger partial charge in [-0.25, -0.2) is 0 Å². The average molecular weight is 361 g/mol. The second-order valence-electron chi connectivity index (χ2n) is 4.40. The summed E-state index contributed by atoms with van der Waals surface area (Å²) in [5, 5.41) is 0. The highest BCUT2D eigenvalue weighted by atomic mass is 79.9. The Balaban J connectivity index is 2.13. The lowest BCUT2D eigenvalue weighted by atomic mass is 10.2. The molecular formula is C13H15Br2NO. The number of nitrogens with zero attached hydrogens (tertiary/aromatic N) is 1.